The maximum Gasteiger partial charge on any atom is 0.407 e. The van der Waals surface area contributed by atoms with E-state index in [0.717, 1.165) is 18.4 Å². The molecule has 1 aromatic rings. The van der Waals surface area contributed by atoms with E-state index in [0.29, 0.717) is 0 Å². The number of fused-ring (bicyclic) bond motifs is 1. The Labute approximate surface area is 135 Å². The Bertz CT molecular complexity index is 556. The average molecular weight is 326 g/mol. The summed E-state index contributed by atoms with van der Waals surface area (Å²) in [5.74, 6) is -3.03. The highest BCUT2D eigenvalue weighted by atomic mass is 19.3. The first kappa shape index (κ1) is 17.7. The summed E-state index contributed by atoms with van der Waals surface area (Å²) in [6.07, 6.45) is 0.883. The van der Waals surface area contributed by atoms with Gasteiger partial charge in [0, 0.05) is 6.04 Å². The van der Waals surface area contributed by atoms with Crippen molar-refractivity contribution < 1.29 is 18.3 Å². The number of alkyl carbamates (subject to hydrolysis) is 1. The van der Waals surface area contributed by atoms with Crippen molar-refractivity contribution in [3.05, 3.63) is 35.4 Å². The topological polar surface area (TPSA) is 50.4 Å². The number of carbonyl (C=O) groups is 1. The van der Waals surface area contributed by atoms with Crippen molar-refractivity contribution in [3.63, 3.8) is 0 Å². The maximum atomic E-state index is 13.9. The van der Waals surface area contributed by atoms with Gasteiger partial charge in [-0.15, -0.1) is 0 Å². The molecule has 0 bridgehead atoms. The van der Waals surface area contributed by atoms with Crippen molar-refractivity contribution in [1.82, 2.24) is 10.6 Å². The van der Waals surface area contributed by atoms with E-state index in [1.807, 2.05) is 24.3 Å². The number of hydrogen-bond acceptors (Lipinski definition) is 3. The number of hydrogen-bond donors (Lipinski definition) is 2. The molecular formula is C17H24F2N2O2. The van der Waals surface area contributed by atoms with Gasteiger partial charge >= 0.3 is 6.09 Å². The molecule has 0 heterocycles. The summed E-state index contributed by atoms with van der Waals surface area (Å²) in [6.45, 7) is 3.82. The molecule has 6 heteroatoms. The van der Waals surface area contributed by atoms with Crippen LogP contribution in [0, 0.1) is 0 Å². The molecule has 0 aromatic heterocycles. The summed E-state index contributed by atoms with van der Waals surface area (Å²) in [5.41, 5.74) is 1.59. The zero-order valence-corrected chi connectivity index (χ0v) is 13.8. The van der Waals surface area contributed by atoms with Gasteiger partial charge in [-0.3, -0.25) is 0 Å². The first-order valence-electron chi connectivity index (χ1n) is 7.82. The molecule has 0 radical (unpaired) electrons. The molecule has 1 amide bonds. The first-order valence-corrected chi connectivity index (χ1v) is 7.82. The van der Waals surface area contributed by atoms with Crippen LogP contribution in [0.5, 0.6) is 0 Å². The summed E-state index contributed by atoms with van der Waals surface area (Å²) in [7, 11) is 0. The SMILES string of the molecule is CC(C)(C)OC(=O)NCC(F)(F)CNC1CCc2ccccc21. The van der Waals surface area contributed by atoms with Crippen LogP contribution in [0.4, 0.5) is 13.6 Å². The van der Waals surface area contributed by atoms with Crippen LogP contribution >= 0.6 is 0 Å². The molecule has 0 spiro atoms. The van der Waals surface area contributed by atoms with E-state index >= 15 is 0 Å². The highest BCUT2D eigenvalue weighted by molar-refractivity contribution is 5.67. The van der Waals surface area contributed by atoms with Gasteiger partial charge in [-0.1, -0.05) is 24.3 Å². The van der Waals surface area contributed by atoms with Gasteiger partial charge in [-0.05, 0) is 44.7 Å². The predicted octanol–water partition coefficient (Wildman–Crippen LogP) is 3.42. The first-order chi connectivity index (χ1) is 10.7. The summed E-state index contributed by atoms with van der Waals surface area (Å²) in [5, 5.41) is 5.03. The Morgan fingerprint density at radius 3 is 2.65 bits per heavy atom. The van der Waals surface area contributed by atoms with Crippen LogP contribution in [0.15, 0.2) is 24.3 Å². The van der Waals surface area contributed by atoms with E-state index in [9.17, 15) is 13.6 Å². The number of rotatable bonds is 5. The van der Waals surface area contributed by atoms with Crippen molar-refractivity contribution in [1.29, 1.82) is 0 Å². The molecule has 0 aliphatic heterocycles. The molecule has 128 valence electrons. The van der Waals surface area contributed by atoms with Crippen molar-refractivity contribution in [2.24, 2.45) is 0 Å². The number of aryl methyl sites for hydroxylation is 1. The Morgan fingerprint density at radius 2 is 1.96 bits per heavy atom. The second-order valence-corrected chi connectivity index (χ2v) is 6.88. The molecule has 0 saturated carbocycles. The molecule has 1 aliphatic rings. The fourth-order valence-electron chi connectivity index (χ4n) is 2.62. The lowest BCUT2D eigenvalue weighted by Crippen LogP contribution is -2.45. The quantitative estimate of drug-likeness (QED) is 0.872. The number of halogens is 2. The van der Waals surface area contributed by atoms with E-state index in [1.165, 1.54) is 5.56 Å². The van der Waals surface area contributed by atoms with Gasteiger partial charge in [0.05, 0.1) is 13.1 Å². The lowest BCUT2D eigenvalue weighted by molar-refractivity contribution is -0.00559. The van der Waals surface area contributed by atoms with Crippen LogP contribution in [-0.2, 0) is 11.2 Å². The van der Waals surface area contributed by atoms with Gasteiger partial charge in [-0.25, -0.2) is 13.6 Å². The standard InChI is InChI=1S/C17H24F2N2O2/c1-16(2,3)23-15(22)21-11-17(18,19)10-20-14-9-8-12-6-4-5-7-13(12)14/h4-7,14,20H,8-11H2,1-3H3,(H,21,22). The third-order valence-corrected chi connectivity index (χ3v) is 3.63. The van der Waals surface area contributed by atoms with Gasteiger partial charge in [0.2, 0.25) is 0 Å². The van der Waals surface area contributed by atoms with Crippen molar-refractivity contribution in [2.75, 3.05) is 13.1 Å². The smallest absolute Gasteiger partial charge is 0.407 e. The van der Waals surface area contributed by atoms with E-state index in [4.69, 9.17) is 4.74 Å². The Morgan fingerprint density at radius 1 is 1.26 bits per heavy atom. The molecular weight excluding hydrogens is 302 g/mol. The molecule has 0 saturated heterocycles. The third-order valence-electron chi connectivity index (χ3n) is 3.63. The van der Waals surface area contributed by atoms with Crippen LogP contribution < -0.4 is 10.6 Å². The average Bonchev–Trinajstić information content (AvgIpc) is 2.85. The number of carbonyl (C=O) groups excluding carboxylic acids is 1. The molecule has 2 N–H and O–H groups in total. The molecule has 0 fully saturated rings. The van der Waals surface area contributed by atoms with Gasteiger partial charge in [-0.2, -0.15) is 0 Å². The highest BCUT2D eigenvalue weighted by Crippen LogP contribution is 2.31. The minimum atomic E-state index is -3.03. The van der Waals surface area contributed by atoms with E-state index in [2.05, 4.69) is 10.6 Å². The van der Waals surface area contributed by atoms with Gasteiger partial charge in [0.25, 0.3) is 5.92 Å². The Balaban J connectivity index is 1.80. The zero-order valence-electron chi connectivity index (χ0n) is 13.8. The van der Waals surface area contributed by atoms with Crippen LogP contribution in [0.2, 0.25) is 0 Å². The lowest BCUT2D eigenvalue weighted by atomic mass is 10.1. The molecule has 23 heavy (non-hydrogen) atoms. The van der Waals surface area contributed by atoms with Crippen molar-refractivity contribution >= 4 is 6.09 Å². The second kappa shape index (κ2) is 6.83. The van der Waals surface area contributed by atoms with Crippen LogP contribution in [-0.4, -0.2) is 30.7 Å². The normalized spacial score (nSPS) is 17.7. The predicted molar refractivity (Wildman–Crippen MR) is 84.7 cm³/mol. The summed E-state index contributed by atoms with van der Waals surface area (Å²) < 4.78 is 32.8. The maximum absolute atomic E-state index is 13.9. The molecule has 1 unspecified atom stereocenters. The van der Waals surface area contributed by atoms with Crippen molar-refractivity contribution in [3.8, 4) is 0 Å². The summed E-state index contributed by atoms with van der Waals surface area (Å²) in [6, 6.07) is 7.82. The van der Waals surface area contributed by atoms with E-state index in [-0.39, 0.29) is 6.04 Å². The molecule has 2 rings (SSSR count). The number of amides is 1. The minimum absolute atomic E-state index is 0.0569. The Kier molecular flexibility index (Phi) is 5.24. The molecule has 1 atom stereocenters. The van der Waals surface area contributed by atoms with Crippen LogP contribution in [0.3, 0.4) is 0 Å². The summed E-state index contributed by atoms with van der Waals surface area (Å²) in [4.78, 5) is 11.4. The molecule has 1 aromatic carbocycles. The van der Waals surface area contributed by atoms with E-state index < -0.39 is 30.7 Å². The fourth-order valence-corrected chi connectivity index (χ4v) is 2.62. The zero-order chi connectivity index (χ0) is 17.1. The third kappa shape index (κ3) is 5.46. The minimum Gasteiger partial charge on any atom is -0.444 e. The Hall–Kier alpha value is -1.69. The van der Waals surface area contributed by atoms with Gasteiger partial charge in [0.15, 0.2) is 0 Å². The molecule has 4 nitrogen and oxygen atoms in total. The number of nitrogens with one attached hydrogen (secondary N) is 2. The van der Waals surface area contributed by atoms with Crippen LogP contribution in [0.1, 0.15) is 44.4 Å². The number of ether oxygens (including phenoxy) is 1. The van der Waals surface area contributed by atoms with Gasteiger partial charge < -0.3 is 15.4 Å². The molecule has 1 aliphatic carbocycles. The number of alkyl halides is 2. The second-order valence-electron chi connectivity index (χ2n) is 6.88. The monoisotopic (exact) mass is 326 g/mol. The summed E-state index contributed by atoms with van der Waals surface area (Å²) >= 11 is 0. The van der Waals surface area contributed by atoms with E-state index in [1.54, 1.807) is 20.8 Å². The number of benzene rings is 1. The van der Waals surface area contributed by atoms with Gasteiger partial charge in [0.1, 0.15) is 5.60 Å². The highest BCUT2D eigenvalue weighted by Gasteiger charge is 2.32. The van der Waals surface area contributed by atoms with Crippen LogP contribution in [0.25, 0.3) is 0 Å². The largest absolute Gasteiger partial charge is 0.444 e. The van der Waals surface area contributed by atoms with Crippen molar-refractivity contribution in [2.45, 2.75) is 51.2 Å². The fraction of sp³-hybridized carbons (Fsp3) is 0.588. The lowest BCUT2D eigenvalue weighted by Gasteiger charge is -2.23.